The molecule has 0 aromatic carbocycles. The first-order valence-corrected chi connectivity index (χ1v) is 2.68. The van der Waals surface area contributed by atoms with Gasteiger partial charge in [0.15, 0.2) is 0 Å². The third-order valence-corrected chi connectivity index (χ3v) is 0. The van der Waals surface area contributed by atoms with Crippen LogP contribution in [0.5, 0.6) is 0 Å². The van der Waals surface area contributed by atoms with Gasteiger partial charge in [-0.3, -0.25) is 0 Å². The van der Waals surface area contributed by atoms with Crippen LogP contribution in [0.25, 0.3) is 0 Å². The molecule has 0 aliphatic carbocycles. The first kappa shape index (κ1) is 15.9. The number of rotatable bonds is 0. The zero-order chi connectivity index (χ0) is 4.50. The van der Waals surface area contributed by atoms with E-state index in [0.29, 0.717) is 0 Å². The first-order chi connectivity index (χ1) is 2.00. The summed E-state index contributed by atoms with van der Waals surface area (Å²) in [6, 6.07) is 0. The second kappa shape index (κ2) is 5.95. The van der Waals surface area contributed by atoms with Gasteiger partial charge in [-0.2, -0.15) is 0 Å². The molecule has 0 bridgehead atoms. The van der Waals surface area contributed by atoms with Gasteiger partial charge >= 0.3 is 61.7 Å². The van der Waals surface area contributed by atoms with Gasteiger partial charge in [0.2, 0.25) is 0 Å². The molecule has 0 aromatic rings. The molecule has 38 valence electrons. The van der Waals surface area contributed by atoms with Crippen LogP contribution < -0.4 is 0 Å². The monoisotopic (exact) mass is 146 g/mol. The van der Waals surface area contributed by atoms with E-state index in [1.54, 1.807) is 0 Å². The van der Waals surface area contributed by atoms with Crippen molar-refractivity contribution >= 4 is 61.7 Å². The molecule has 0 aliphatic rings. The summed E-state index contributed by atoms with van der Waals surface area (Å²) in [5.41, 5.74) is 0. The van der Waals surface area contributed by atoms with E-state index >= 15 is 0 Å². The van der Waals surface area contributed by atoms with E-state index < -0.39 is 9.05 Å². The molecule has 0 saturated carbocycles. The van der Waals surface area contributed by atoms with Crippen molar-refractivity contribution in [2.24, 2.45) is 0 Å². The van der Waals surface area contributed by atoms with Gasteiger partial charge in [-0.1, -0.05) is 0 Å². The van der Waals surface area contributed by atoms with Crippen molar-refractivity contribution in [1.29, 1.82) is 0 Å². The van der Waals surface area contributed by atoms with Crippen LogP contribution in [0, 0.1) is 0 Å². The standard InChI is InChI=1S/Mg.Na.H4O4Si.3H/c;;1-5(2,3)4;;;/h;;1-4H;;;. The minimum atomic E-state index is -4.61. The van der Waals surface area contributed by atoms with Gasteiger partial charge < -0.3 is 19.2 Å². The maximum atomic E-state index is 7.33. The van der Waals surface area contributed by atoms with Crippen LogP contribution in [-0.2, 0) is 0 Å². The molecular weight excluding hydrogens is 139 g/mol. The van der Waals surface area contributed by atoms with Gasteiger partial charge in [-0.25, -0.2) is 0 Å². The second-order valence-electron chi connectivity index (χ2n) is 0.600. The van der Waals surface area contributed by atoms with Crippen LogP contribution in [0.15, 0.2) is 0 Å². The van der Waals surface area contributed by atoms with Crippen LogP contribution >= 0.6 is 0 Å². The van der Waals surface area contributed by atoms with Gasteiger partial charge in [0.1, 0.15) is 0 Å². The summed E-state index contributed by atoms with van der Waals surface area (Å²) in [6.45, 7) is 0. The number of hydrogen-bond donors (Lipinski definition) is 4. The van der Waals surface area contributed by atoms with Crippen molar-refractivity contribution in [2.45, 2.75) is 0 Å². The Morgan fingerprint density at radius 1 is 0.857 bits per heavy atom. The van der Waals surface area contributed by atoms with E-state index in [4.69, 9.17) is 19.2 Å². The maximum absolute atomic E-state index is 7.33. The molecule has 7 heavy (non-hydrogen) atoms. The van der Waals surface area contributed by atoms with Crippen LogP contribution in [-0.4, -0.2) is 80.8 Å². The van der Waals surface area contributed by atoms with E-state index in [1.165, 1.54) is 0 Å². The molecular formula is H7MgNaO4Si. The topological polar surface area (TPSA) is 80.9 Å². The van der Waals surface area contributed by atoms with Gasteiger partial charge in [0.05, 0.1) is 0 Å². The molecule has 0 radical (unpaired) electrons. The third-order valence-electron chi connectivity index (χ3n) is 0. The Morgan fingerprint density at radius 3 is 0.857 bits per heavy atom. The average Bonchev–Trinajstić information content (AvgIpc) is 0.722. The predicted molar refractivity (Wildman–Crippen MR) is 30.3 cm³/mol. The van der Waals surface area contributed by atoms with E-state index in [2.05, 4.69) is 0 Å². The van der Waals surface area contributed by atoms with Gasteiger partial charge in [-0.05, 0) is 0 Å². The van der Waals surface area contributed by atoms with Gasteiger partial charge in [-0.15, -0.1) is 0 Å². The summed E-state index contributed by atoms with van der Waals surface area (Å²) in [4.78, 5) is 29.3. The zero-order valence-electron chi connectivity index (χ0n) is 2.29. The predicted octanol–water partition coefficient (Wildman–Crippen LogP) is -4.17. The van der Waals surface area contributed by atoms with Gasteiger partial charge in [0.25, 0.3) is 0 Å². The second-order valence-corrected chi connectivity index (χ2v) is 1.80. The Hall–Kier alpha value is 1.82. The SMILES string of the molecule is O[Si](O)(O)O.[MgH2].[NaH]. The van der Waals surface area contributed by atoms with Gasteiger partial charge in [0, 0.05) is 0 Å². The zero-order valence-corrected chi connectivity index (χ0v) is 3.29. The Kier molecular flexibility index (Phi) is 13.5. The molecule has 0 saturated heterocycles. The molecule has 0 aliphatic heterocycles. The molecule has 0 aromatic heterocycles. The molecule has 0 amide bonds. The van der Waals surface area contributed by atoms with Crippen molar-refractivity contribution in [3.8, 4) is 0 Å². The average molecular weight is 146 g/mol. The molecule has 0 atom stereocenters. The van der Waals surface area contributed by atoms with E-state index in [0.717, 1.165) is 0 Å². The van der Waals surface area contributed by atoms with Crippen molar-refractivity contribution < 1.29 is 19.2 Å². The van der Waals surface area contributed by atoms with E-state index in [1.807, 2.05) is 0 Å². The quantitative estimate of drug-likeness (QED) is 0.262. The van der Waals surface area contributed by atoms with Crippen molar-refractivity contribution in [3.63, 3.8) is 0 Å². The van der Waals surface area contributed by atoms with E-state index in [9.17, 15) is 0 Å². The van der Waals surface area contributed by atoms with Crippen molar-refractivity contribution in [1.82, 2.24) is 0 Å². The van der Waals surface area contributed by atoms with Crippen molar-refractivity contribution in [3.05, 3.63) is 0 Å². The summed E-state index contributed by atoms with van der Waals surface area (Å²) < 4.78 is 0. The Bertz CT molecular complexity index is 27.2. The molecule has 0 rings (SSSR count). The summed E-state index contributed by atoms with van der Waals surface area (Å²) in [7, 11) is -4.61. The molecule has 0 heterocycles. The molecule has 0 fully saturated rings. The minimum absolute atomic E-state index is 0. The first-order valence-electron chi connectivity index (χ1n) is 0.894. The molecule has 0 spiro atoms. The molecule has 0 unspecified atom stereocenters. The summed E-state index contributed by atoms with van der Waals surface area (Å²) in [5.74, 6) is 0. The van der Waals surface area contributed by atoms with Crippen LogP contribution in [0.4, 0.5) is 0 Å². The normalized spacial score (nSPS) is 8.57. The third kappa shape index (κ3) is 79.8. The van der Waals surface area contributed by atoms with Crippen LogP contribution in [0.1, 0.15) is 0 Å². The Balaban J connectivity index is -0.0000000800. The van der Waals surface area contributed by atoms with Crippen LogP contribution in [0.2, 0.25) is 0 Å². The Labute approximate surface area is 80.1 Å². The fourth-order valence-electron chi connectivity index (χ4n) is 0. The number of hydrogen-bond acceptors (Lipinski definition) is 4. The summed E-state index contributed by atoms with van der Waals surface area (Å²) in [5, 5.41) is 0. The molecule has 4 nitrogen and oxygen atoms in total. The molecule has 4 N–H and O–H groups in total. The summed E-state index contributed by atoms with van der Waals surface area (Å²) in [6.07, 6.45) is 0. The summed E-state index contributed by atoms with van der Waals surface area (Å²) >= 11 is 0. The Morgan fingerprint density at radius 2 is 0.857 bits per heavy atom. The fraction of sp³-hybridized carbons (Fsp3) is 0. The van der Waals surface area contributed by atoms with Crippen molar-refractivity contribution in [2.75, 3.05) is 0 Å². The van der Waals surface area contributed by atoms with E-state index in [-0.39, 0.29) is 52.6 Å². The fourth-order valence-corrected chi connectivity index (χ4v) is 0. The van der Waals surface area contributed by atoms with Crippen LogP contribution in [0.3, 0.4) is 0 Å². The molecule has 7 heteroatoms.